The zero-order valence-electron chi connectivity index (χ0n) is 13.2. The smallest absolute Gasteiger partial charge is 0.407 e. The van der Waals surface area contributed by atoms with Gasteiger partial charge in [0.05, 0.1) is 11.5 Å². The Kier molecular flexibility index (Phi) is 4.49. The number of amides is 1. The molecule has 2 aliphatic rings. The third-order valence-corrected chi connectivity index (χ3v) is 6.23. The van der Waals surface area contributed by atoms with Gasteiger partial charge in [-0.15, -0.1) is 11.3 Å². The Morgan fingerprint density at radius 3 is 2.76 bits per heavy atom. The number of halogens is 4. The highest BCUT2D eigenvalue weighted by atomic mass is 32.1. The fraction of sp³-hybridized carbons (Fsp3) is 0.667. The molecule has 3 atom stereocenters. The Morgan fingerprint density at radius 1 is 1.52 bits per heavy atom. The lowest BCUT2D eigenvalue weighted by atomic mass is 9.81. The van der Waals surface area contributed by atoms with Crippen LogP contribution in [-0.4, -0.2) is 46.8 Å². The Labute approximate surface area is 144 Å². The minimum Gasteiger partial charge on any atom is -0.465 e. The van der Waals surface area contributed by atoms with Crippen molar-refractivity contribution < 1.29 is 37.3 Å². The molecule has 5 nitrogen and oxygen atoms in total. The van der Waals surface area contributed by atoms with Crippen molar-refractivity contribution in [1.82, 2.24) is 4.90 Å². The van der Waals surface area contributed by atoms with Crippen LogP contribution < -0.4 is 0 Å². The molecule has 1 fully saturated rings. The summed E-state index contributed by atoms with van der Waals surface area (Å²) in [5.41, 5.74) is -0.872. The SMILES string of the molecule is C[C@H]1CC2(CCN1C(=O)O)OCC(O)c1cc(C(F)(F)C(F)F)sc12. The van der Waals surface area contributed by atoms with Crippen molar-refractivity contribution in [2.75, 3.05) is 13.2 Å². The normalized spacial score (nSPS) is 30.0. The van der Waals surface area contributed by atoms with E-state index in [0.717, 1.165) is 6.07 Å². The lowest BCUT2D eigenvalue weighted by molar-refractivity contribution is -0.134. The molecule has 0 saturated carbocycles. The summed E-state index contributed by atoms with van der Waals surface area (Å²) in [6.45, 7) is 1.65. The molecule has 1 aromatic rings. The number of hydrogen-bond acceptors (Lipinski definition) is 4. The van der Waals surface area contributed by atoms with E-state index >= 15 is 0 Å². The molecule has 3 heterocycles. The van der Waals surface area contributed by atoms with Crippen LogP contribution in [-0.2, 0) is 16.3 Å². The zero-order chi connectivity index (χ0) is 18.6. The second kappa shape index (κ2) is 6.10. The topological polar surface area (TPSA) is 70.0 Å². The van der Waals surface area contributed by atoms with Crippen LogP contribution in [0.25, 0.3) is 0 Å². The van der Waals surface area contributed by atoms with E-state index in [1.807, 2.05) is 0 Å². The van der Waals surface area contributed by atoms with Crippen LogP contribution in [0.4, 0.5) is 22.4 Å². The molecule has 2 N–H and O–H groups in total. The lowest BCUT2D eigenvalue weighted by Crippen LogP contribution is -2.52. The van der Waals surface area contributed by atoms with E-state index in [0.29, 0.717) is 16.2 Å². The van der Waals surface area contributed by atoms with Crippen molar-refractivity contribution in [3.8, 4) is 0 Å². The number of thiophene rings is 1. The third kappa shape index (κ3) is 2.89. The number of carboxylic acid groups (broad SMARTS) is 1. The van der Waals surface area contributed by atoms with Gasteiger partial charge in [-0.2, -0.15) is 8.78 Å². The molecule has 25 heavy (non-hydrogen) atoms. The van der Waals surface area contributed by atoms with Crippen LogP contribution in [0, 0.1) is 0 Å². The first kappa shape index (κ1) is 18.4. The van der Waals surface area contributed by atoms with Crippen molar-refractivity contribution in [1.29, 1.82) is 0 Å². The minimum absolute atomic E-state index is 0.129. The van der Waals surface area contributed by atoms with Crippen LogP contribution in [0.15, 0.2) is 6.07 Å². The summed E-state index contributed by atoms with van der Waals surface area (Å²) in [6.07, 6.45) is -5.70. The molecule has 0 radical (unpaired) electrons. The van der Waals surface area contributed by atoms with E-state index in [9.17, 15) is 27.5 Å². The average Bonchev–Trinajstić information content (AvgIpc) is 2.98. The number of hydrogen-bond donors (Lipinski definition) is 2. The molecular formula is C15H17F4NO4S. The molecular weight excluding hydrogens is 366 g/mol. The number of likely N-dealkylation sites (tertiary alicyclic amines) is 1. The number of carbonyl (C=O) groups is 1. The predicted molar refractivity (Wildman–Crippen MR) is 80.2 cm³/mol. The van der Waals surface area contributed by atoms with Crippen LogP contribution >= 0.6 is 11.3 Å². The number of nitrogens with zero attached hydrogens (tertiary/aromatic N) is 1. The second-order valence-corrected chi connectivity index (χ2v) is 7.47. The number of alkyl halides is 4. The highest BCUT2D eigenvalue weighted by molar-refractivity contribution is 7.12. The van der Waals surface area contributed by atoms with Gasteiger partial charge >= 0.3 is 18.4 Å². The van der Waals surface area contributed by atoms with Crippen molar-refractivity contribution in [3.63, 3.8) is 0 Å². The van der Waals surface area contributed by atoms with Gasteiger partial charge < -0.3 is 19.8 Å². The Morgan fingerprint density at radius 2 is 2.20 bits per heavy atom. The molecule has 0 aromatic carbocycles. The maximum Gasteiger partial charge on any atom is 0.407 e. The predicted octanol–water partition coefficient (Wildman–Crippen LogP) is 3.53. The highest BCUT2D eigenvalue weighted by Crippen LogP contribution is 2.52. The third-order valence-electron chi connectivity index (χ3n) is 4.81. The van der Waals surface area contributed by atoms with Crippen LogP contribution in [0.5, 0.6) is 0 Å². The van der Waals surface area contributed by atoms with Crippen molar-refractivity contribution in [3.05, 3.63) is 21.4 Å². The number of piperidine rings is 1. The molecule has 0 bridgehead atoms. The molecule has 2 aliphatic heterocycles. The van der Waals surface area contributed by atoms with E-state index in [1.54, 1.807) is 6.92 Å². The number of fused-ring (bicyclic) bond motifs is 2. The summed E-state index contributed by atoms with van der Waals surface area (Å²) in [7, 11) is 0. The van der Waals surface area contributed by atoms with Crippen LogP contribution in [0.2, 0.25) is 0 Å². The van der Waals surface area contributed by atoms with Gasteiger partial charge in [0.2, 0.25) is 0 Å². The van der Waals surface area contributed by atoms with Gasteiger partial charge in [-0.05, 0) is 19.4 Å². The van der Waals surface area contributed by atoms with Gasteiger partial charge in [-0.25, -0.2) is 13.6 Å². The maximum atomic E-state index is 13.7. The highest BCUT2D eigenvalue weighted by Gasteiger charge is 2.51. The van der Waals surface area contributed by atoms with E-state index in [-0.39, 0.29) is 31.6 Å². The Hall–Kier alpha value is -1.39. The van der Waals surface area contributed by atoms with Gasteiger partial charge in [-0.3, -0.25) is 0 Å². The molecule has 10 heteroatoms. The molecule has 3 rings (SSSR count). The second-order valence-electron chi connectivity index (χ2n) is 6.42. The summed E-state index contributed by atoms with van der Waals surface area (Å²) in [5, 5.41) is 19.2. The van der Waals surface area contributed by atoms with E-state index in [2.05, 4.69) is 0 Å². The lowest BCUT2D eigenvalue weighted by Gasteiger charge is -2.46. The number of rotatable bonds is 2. The van der Waals surface area contributed by atoms with Gasteiger partial charge in [0.15, 0.2) is 0 Å². The van der Waals surface area contributed by atoms with Gasteiger partial charge in [-0.1, -0.05) is 0 Å². The Balaban J connectivity index is 2.00. The first-order valence-corrected chi connectivity index (χ1v) is 8.52. The molecule has 140 valence electrons. The molecule has 1 saturated heterocycles. The maximum absolute atomic E-state index is 13.7. The van der Waals surface area contributed by atoms with E-state index < -0.39 is 41.1 Å². The van der Waals surface area contributed by atoms with Crippen molar-refractivity contribution >= 4 is 17.4 Å². The van der Waals surface area contributed by atoms with Gasteiger partial charge in [0, 0.05) is 29.4 Å². The fourth-order valence-corrected chi connectivity index (χ4v) is 4.88. The number of aliphatic hydroxyl groups excluding tert-OH is 1. The monoisotopic (exact) mass is 383 g/mol. The molecule has 1 aromatic heterocycles. The summed E-state index contributed by atoms with van der Waals surface area (Å²) in [5.74, 6) is -4.31. The van der Waals surface area contributed by atoms with Crippen LogP contribution in [0.1, 0.15) is 41.2 Å². The fourth-order valence-electron chi connectivity index (χ4n) is 3.51. The average molecular weight is 383 g/mol. The first-order valence-electron chi connectivity index (χ1n) is 7.71. The minimum atomic E-state index is -4.31. The largest absolute Gasteiger partial charge is 0.465 e. The molecule has 1 amide bonds. The standard InChI is InChI=1S/C15H17F4NO4S/c1-7-5-14(2-3-20(7)13(22)23)11-8(9(21)6-24-14)4-10(25-11)15(18,19)12(16)17/h4,7,9,12,21H,2-3,5-6H2,1H3,(H,22,23)/t7-,9?,14?/m0/s1. The summed E-state index contributed by atoms with van der Waals surface area (Å²) < 4.78 is 58.6. The van der Waals surface area contributed by atoms with Crippen LogP contribution in [0.3, 0.4) is 0 Å². The van der Waals surface area contributed by atoms with Gasteiger partial charge in [0.1, 0.15) is 11.7 Å². The molecule has 2 unspecified atom stereocenters. The quantitative estimate of drug-likeness (QED) is 0.767. The number of aliphatic hydroxyl groups is 1. The zero-order valence-corrected chi connectivity index (χ0v) is 14.0. The van der Waals surface area contributed by atoms with Crippen molar-refractivity contribution in [2.24, 2.45) is 0 Å². The Bertz CT molecular complexity index is 682. The molecule has 1 spiro atoms. The van der Waals surface area contributed by atoms with E-state index in [4.69, 9.17) is 9.84 Å². The van der Waals surface area contributed by atoms with E-state index in [1.165, 1.54) is 4.90 Å². The molecule has 0 aliphatic carbocycles. The summed E-state index contributed by atoms with van der Waals surface area (Å²) in [6, 6.07) is 0.491. The summed E-state index contributed by atoms with van der Waals surface area (Å²) in [4.78, 5) is 11.9. The van der Waals surface area contributed by atoms with Gasteiger partial charge in [0.25, 0.3) is 0 Å². The summed E-state index contributed by atoms with van der Waals surface area (Å²) >= 11 is 0.510. The first-order chi connectivity index (χ1) is 11.6. The van der Waals surface area contributed by atoms with Crippen molar-refractivity contribution in [2.45, 2.75) is 49.9 Å². The number of ether oxygens (including phenoxy) is 1.